The van der Waals surface area contributed by atoms with Crippen LogP contribution in [0.25, 0.3) is 11.3 Å². The molecule has 2 heterocycles. The van der Waals surface area contributed by atoms with Crippen LogP contribution in [0.4, 0.5) is 5.69 Å². The molecule has 0 bridgehead atoms. The van der Waals surface area contributed by atoms with Gasteiger partial charge < -0.3 is 19.2 Å². The number of hydrogen-bond acceptors (Lipinski definition) is 4. The van der Waals surface area contributed by atoms with E-state index in [-0.39, 0.29) is 6.79 Å². The zero-order chi connectivity index (χ0) is 16.5. The molecule has 0 aliphatic carbocycles. The summed E-state index contributed by atoms with van der Waals surface area (Å²) in [5.74, 6) is 3.30. The first-order valence-corrected chi connectivity index (χ1v) is 8.47. The molecule has 0 spiro atoms. The predicted molar refractivity (Wildman–Crippen MR) is 96.5 cm³/mol. The maximum atomic E-state index is 5.95. The van der Waals surface area contributed by atoms with Gasteiger partial charge in [-0.2, -0.15) is 0 Å². The van der Waals surface area contributed by atoms with E-state index in [2.05, 4.69) is 34.2 Å². The summed E-state index contributed by atoms with van der Waals surface area (Å²) in [6.07, 6.45) is 0. The van der Waals surface area contributed by atoms with Gasteiger partial charge in [-0.05, 0) is 48.9 Å². The van der Waals surface area contributed by atoms with Gasteiger partial charge in [0.2, 0.25) is 6.79 Å². The second-order valence-electron chi connectivity index (χ2n) is 5.65. The molecule has 0 amide bonds. The lowest BCUT2D eigenvalue weighted by molar-refractivity contribution is 0.174. The lowest BCUT2D eigenvalue weighted by Crippen LogP contribution is -1.97. The van der Waals surface area contributed by atoms with Crippen LogP contribution < -0.4 is 14.8 Å². The first-order valence-electron chi connectivity index (χ1n) is 7.68. The Hall–Kier alpha value is -2.40. The first kappa shape index (κ1) is 15.1. The van der Waals surface area contributed by atoms with Gasteiger partial charge in [0.05, 0.1) is 6.54 Å². The maximum absolute atomic E-state index is 5.95. The van der Waals surface area contributed by atoms with Gasteiger partial charge >= 0.3 is 0 Å². The Balaban J connectivity index is 1.46. The second-order valence-corrected chi connectivity index (χ2v) is 6.51. The first-order chi connectivity index (χ1) is 11.7. The van der Waals surface area contributed by atoms with Crippen LogP contribution in [0.2, 0.25) is 0 Å². The summed E-state index contributed by atoms with van der Waals surface area (Å²) in [5, 5.41) is 3.34. The molecule has 0 fully saturated rings. The molecule has 2 aromatic carbocycles. The number of nitrogens with one attached hydrogen (secondary N) is 1. The lowest BCUT2D eigenvalue weighted by Gasteiger charge is -2.06. The van der Waals surface area contributed by atoms with Crippen molar-refractivity contribution in [3.05, 3.63) is 64.3 Å². The molecule has 4 nitrogen and oxygen atoms in total. The minimum atomic E-state index is 0.285. The second kappa shape index (κ2) is 6.24. The number of anilines is 1. The van der Waals surface area contributed by atoms with Crippen molar-refractivity contribution in [2.45, 2.75) is 13.5 Å². The molecular weight excluding hydrogens is 370 g/mol. The highest BCUT2D eigenvalue weighted by Gasteiger charge is 2.13. The standard InChI is InChI=1S/C19H16BrNO3/c1-12-8-13(2-5-16(12)20)17-7-4-15(24-17)10-21-14-3-6-18-19(9-14)23-11-22-18/h2-9,21H,10-11H2,1H3. The van der Waals surface area contributed by atoms with Crippen molar-refractivity contribution >= 4 is 21.6 Å². The van der Waals surface area contributed by atoms with Crippen LogP contribution in [0.15, 0.2) is 57.4 Å². The van der Waals surface area contributed by atoms with E-state index < -0.39 is 0 Å². The highest BCUT2D eigenvalue weighted by molar-refractivity contribution is 9.10. The highest BCUT2D eigenvalue weighted by Crippen LogP contribution is 2.34. The quantitative estimate of drug-likeness (QED) is 0.656. The van der Waals surface area contributed by atoms with Crippen LogP contribution in [0.1, 0.15) is 11.3 Å². The number of furan rings is 1. The molecule has 3 aromatic rings. The Morgan fingerprint density at radius 3 is 2.75 bits per heavy atom. The number of rotatable bonds is 4. The molecular formula is C19H16BrNO3. The fraction of sp³-hybridized carbons (Fsp3) is 0.158. The van der Waals surface area contributed by atoms with Gasteiger partial charge in [0, 0.05) is 21.8 Å². The Kier molecular flexibility index (Phi) is 3.94. The zero-order valence-corrected chi connectivity index (χ0v) is 14.7. The molecule has 1 aliphatic heterocycles. The molecule has 4 rings (SSSR count). The van der Waals surface area contributed by atoms with E-state index in [1.807, 2.05) is 42.5 Å². The average molecular weight is 386 g/mol. The van der Waals surface area contributed by atoms with Crippen molar-refractivity contribution in [1.29, 1.82) is 0 Å². The molecule has 122 valence electrons. The minimum absolute atomic E-state index is 0.285. The summed E-state index contributed by atoms with van der Waals surface area (Å²) in [5.41, 5.74) is 3.23. The van der Waals surface area contributed by atoms with Crippen molar-refractivity contribution in [2.24, 2.45) is 0 Å². The fourth-order valence-corrected chi connectivity index (χ4v) is 2.87. The van der Waals surface area contributed by atoms with E-state index in [0.717, 1.165) is 38.7 Å². The molecule has 1 aliphatic rings. The maximum Gasteiger partial charge on any atom is 0.231 e. The normalized spacial score (nSPS) is 12.4. The third-order valence-electron chi connectivity index (χ3n) is 3.94. The summed E-state index contributed by atoms with van der Waals surface area (Å²) in [4.78, 5) is 0. The van der Waals surface area contributed by atoms with Crippen LogP contribution in [0.3, 0.4) is 0 Å². The van der Waals surface area contributed by atoms with E-state index in [1.165, 1.54) is 5.56 Å². The van der Waals surface area contributed by atoms with Crippen molar-refractivity contribution < 1.29 is 13.9 Å². The van der Waals surface area contributed by atoms with Crippen LogP contribution in [0, 0.1) is 6.92 Å². The van der Waals surface area contributed by atoms with Crippen molar-refractivity contribution in [2.75, 3.05) is 12.1 Å². The monoisotopic (exact) mass is 385 g/mol. The molecule has 0 saturated heterocycles. The topological polar surface area (TPSA) is 43.6 Å². The number of hydrogen-bond donors (Lipinski definition) is 1. The van der Waals surface area contributed by atoms with Crippen LogP contribution in [-0.2, 0) is 6.54 Å². The van der Waals surface area contributed by atoms with E-state index in [4.69, 9.17) is 13.9 Å². The lowest BCUT2D eigenvalue weighted by atomic mass is 10.1. The van der Waals surface area contributed by atoms with Gasteiger partial charge in [-0.25, -0.2) is 0 Å². The Labute approximate surface area is 148 Å². The van der Waals surface area contributed by atoms with Gasteiger partial charge in [0.15, 0.2) is 11.5 Å². The van der Waals surface area contributed by atoms with E-state index in [0.29, 0.717) is 6.54 Å². The third kappa shape index (κ3) is 2.99. The molecule has 5 heteroatoms. The number of benzene rings is 2. The van der Waals surface area contributed by atoms with Gasteiger partial charge in [0.25, 0.3) is 0 Å². The van der Waals surface area contributed by atoms with Crippen molar-refractivity contribution in [1.82, 2.24) is 0 Å². The Morgan fingerprint density at radius 1 is 1.00 bits per heavy atom. The molecule has 0 radical (unpaired) electrons. The van der Waals surface area contributed by atoms with Gasteiger partial charge in [0.1, 0.15) is 11.5 Å². The average Bonchev–Trinajstić information content (AvgIpc) is 3.24. The smallest absolute Gasteiger partial charge is 0.231 e. The summed E-state index contributed by atoms with van der Waals surface area (Å²) in [6.45, 7) is 2.96. The summed E-state index contributed by atoms with van der Waals surface area (Å²) in [6, 6.07) is 16.0. The SMILES string of the molecule is Cc1cc(-c2ccc(CNc3ccc4c(c3)OCO4)o2)ccc1Br. The molecule has 0 unspecified atom stereocenters. The molecule has 0 saturated carbocycles. The van der Waals surface area contributed by atoms with Crippen LogP contribution in [-0.4, -0.2) is 6.79 Å². The predicted octanol–water partition coefficient (Wildman–Crippen LogP) is 5.36. The zero-order valence-electron chi connectivity index (χ0n) is 13.1. The Morgan fingerprint density at radius 2 is 1.88 bits per heavy atom. The Bertz CT molecular complexity index is 888. The van der Waals surface area contributed by atoms with Crippen molar-refractivity contribution in [3.63, 3.8) is 0 Å². The summed E-state index contributed by atoms with van der Waals surface area (Å²) in [7, 11) is 0. The number of fused-ring (bicyclic) bond motifs is 1. The molecule has 1 aromatic heterocycles. The summed E-state index contributed by atoms with van der Waals surface area (Å²) < 4.78 is 17.7. The van der Waals surface area contributed by atoms with E-state index in [1.54, 1.807) is 0 Å². The number of aryl methyl sites for hydroxylation is 1. The van der Waals surface area contributed by atoms with Gasteiger partial charge in [-0.15, -0.1) is 0 Å². The van der Waals surface area contributed by atoms with E-state index in [9.17, 15) is 0 Å². The molecule has 24 heavy (non-hydrogen) atoms. The minimum Gasteiger partial charge on any atom is -0.459 e. The third-order valence-corrected chi connectivity index (χ3v) is 4.83. The largest absolute Gasteiger partial charge is 0.459 e. The number of halogens is 1. The van der Waals surface area contributed by atoms with Crippen molar-refractivity contribution in [3.8, 4) is 22.8 Å². The number of ether oxygens (including phenoxy) is 2. The van der Waals surface area contributed by atoms with Crippen LogP contribution in [0.5, 0.6) is 11.5 Å². The molecule has 1 N–H and O–H groups in total. The van der Waals surface area contributed by atoms with Gasteiger partial charge in [-0.1, -0.05) is 22.0 Å². The van der Waals surface area contributed by atoms with Crippen LogP contribution >= 0.6 is 15.9 Å². The van der Waals surface area contributed by atoms with Gasteiger partial charge in [-0.3, -0.25) is 0 Å². The highest BCUT2D eigenvalue weighted by atomic mass is 79.9. The molecule has 0 atom stereocenters. The van der Waals surface area contributed by atoms with E-state index >= 15 is 0 Å². The summed E-state index contributed by atoms with van der Waals surface area (Å²) >= 11 is 3.52. The fourth-order valence-electron chi connectivity index (χ4n) is 2.62.